The van der Waals surface area contributed by atoms with Crippen molar-refractivity contribution in [2.24, 2.45) is 5.92 Å². The summed E-state index contributed by atoms with van der Waals surface area (Å²) < 4.78 is 2.05. The van der Waals surface area contributed by atoms with Gasteiger partial charge < -0.3 is 5.32 Å². The number of aromatic nitrogens is 3. The molecule has 112 valence electrons. The molecule has 0 aliphatic carbocycles. The highest BCUT2D eigenvalue weighted by molar-refractivity contribution is 8.00. The van der Waals surface area contributed by atoms with Gasteiger partial charge in [0.25, 0.3) is 0 Å². The third-order valence-electron chi connectivity index (χ3n) is 3.97. The molecule has 0 amide bonds. The Morgan fingerprint density at radius 1 is 1.33 bits per heavy atom. The second kappa shape index (κ2) is 6.62. The lowest BCUT2D eigenvalue weighted by Gasteiger charge is -2.14. The Kier molecular flexibility index (Phi) is 4.60. The van der Waals surface area contributed by atoms with Crippen LogP contribution in [0.5, 0.6) is 0 Å². The Morgan fingerprint density at radius 3 is 2.86 bits per heavy atom. The van der Waals surface area contributed by atoms with E-state index in [9.17, 15) is 0 Å². The number of thioether (sulfide) groups is 1. The minimum atomic E-state index is 0.586. The molecule has 0 saturated carbocycles. The predicted octanol–water partition coefficient (Wildman–Crippen LogP) is 2.89. The lowest BCUT2D eigenvalue weighted by molar-refractivity contribution is 0.480. The molecule has 1 aliphatic heterocycles. The summed E-state index contributed by atoms with van der Waals surface area (Å²) in [5.41, 5.74) is 1.11. The maximum Gasteiger partial charge on any atom is 0.151 e. The van der Waals surface area contributed by atoms with Crippen molar-refractivity contribution in [3.05, 3.63) is 42.5 Å². The molecule has 1 aromatic carbocycles. The lowest BCUT2D eigenvalue weighted by atomic mass is 10.0. The first-order chi connectivity index (χ1) is 10.2. The molecule has 0 radical (unpaired) electrons. The fraction of sp³-hybridized carbons (Fsp3) is 0.500. The quantitative estimate of drug-likeness (QED) is 0.922. The van der Waals surface area contributed by atoms with Crippen molar-refractivity contribution < 1.29 is 0 Å². The molecule has 0 spiro atoms. The van der Waals surface area contributed by atoms with Crippen LogP contribution in [0.1, 0.15) is 26.1 Å². The Bertz CT molecular complexity index is 567. The summed E-state index contributed by atoms with van der Waals surface area (Å²) in [4.78, 5) is 0. The number of para-hydroxylation sites is 1. The summed E-state index contributed by atoms with van der Waals surface area (Å²) in [7, 11) is 0. The second-order valence-electron chi connectivity index (χ2n) is 5.88. The van der Waals surface area contributed by atoms with Crippen LogP contribution in [0.15, 0.2) is 36.7 Å². The van der Waals surface area contributed by atoms with Crippen molar-refractivity contribution in [2.45, 2.75) is 38.1 Å². The SMILES string of the molecule is CC(C)C1CC(NCc2nncn2-c2ccccc2)CS1. The molecule has 4 nitrogen and oxygen atoms in total. The molecule has 1 aromatic heterocycles. The highest BCUT2D eigenvalue weighted by atomic mass is 32.2. The van der Waals surface area contributed by atoms with Crippen molar-refractivity contribution in [1.29, 1.82) is 0 Å². The van der Waals surface area contributed by atoms with Gasteiger partial charge in [-0.25, -0.2) is 0 Å². The van der Waals surface area contributed by atoms with Gasteiger partial charge in [-0.3, -0.25) is 4.57 Å². The predicted molar refractivity (Wildman–Crippen MR) is 87.7 cm³/mol. The van der Waals surface area contributed by atoms with Crippen LogP contribution in [0.3, 0.4) is 0 Å². The van der Waals surface area contributed by atoms with Crippen LogP contribution in [0.4, 0.5) is 0 Å². The normalized spacial score (nSPS) is 22.0. The lowest BCUT2D eigenvalue weighted by Crippen LogP contribution is -2.30. The molecule has 2 heterocycles. The highest BCUT2D eigenvalue weighted by Crippen LogP contribution is 2.32. The van der Waals surface area contributed by atoms with Gasteiger partial charge in [0.1, 0.15) is 6.33 Å². The fourth-order valence-corrected chi connectivity index (χ4v) is 4.17. The maximum absolute atomic E-state index is 4.25. The smallest absolute Gasteiger partial charge is 0.151 e. The molecule has 2 atom stereocenters. The minimum Gasteiger partial charge on any atom is -0.306 e. The van der Waals surface area contributed by atoms with E-state index in [0.717, 1.165) is 29.2 Å². The molecule has 1 saturated heterocycles. The summed E-state index contributed by atoms with van der Waals surface area (Å²) in [5, 5.41) is 12.7. The van der Waals surface area contributed by atoms with Gasteiger partial charge >= 0.3 is 0 Å². The van der Waals surface area contributed by atoms with Crippen LogP contribution in [0, 0.1) is 5.92 Å². The van der Waals surface area contributed by atoms with Crippen LogP contribution in [0.25, 0.3) is 5.69 Å². The first-order valence-corrected chi connectivity index (χ1v) is 8.58. The highest BCUT2D eigenvalue weighted by Gasteiger charge is 2.27. The van der Waals surface area contributed by atoms with E-state index in [2.05, 4.69) is 57.8 Å². The van der Waals surface area contributed by atoms with Gasteiger partial charge in [-0.2, -0.15) is 11.8 Å². The van der Waals surface area contributed by atoms with E-state index in [-0.39, 0.29) is 0 Å². The largest absolute Gasteiger partial charge is 0.306 e. The van der Waals surface area contributed by atoms with Gasteiger partial charge in [-0.05, 0) is 24.5 Å². The van der Waals surface area contributed by atoms with Crippen LogP contribution < -0.4 is 5.32 Å². The number of nitrogens with one attached hydrogen (secondary N) is 1. The van der Waals surface area contributed by atoms with E-state index in [0.29, 0.717) is 6.04 Å². The zero-order valence-corrected chi connectivity index (χ0v) is 13.4. The van der Waals surface area contributed by atoms with Gasteiger partial charge in [0, 0.05) is 22.7 Å². The molecule has 3 rings (SSSR count). The van der Waals surface area contributed by atoms with Gasteiger partial charge in [0.05, 0.1) is 6.54 Å². The molecule has 1 N–H and O–H groups in total. The average Bonchev–Trinajstić information content (AvgIpc) is 3.15. The fourth-order valence-electron chi connectivity index (χ4n) is 2.68. The summed E-state index contributed by atoms with van der Waals surface area (Å²) in [6.07, 6.45) is 3.04. The Hall–Kier alpha value is -1.33. The third kappa shape index (κ3) is 3.47. The summed E-state index contributed by atoms with van der Waals surface area (Å²) in [5.74, 6) is 2.93. The van der Waals surface area contributed by atoms with Crippen molar-refractivity contribution in [3.63, 3.8) is 0 Å². The topological polar surface area (TPSA) is 42.7 Å². The van der Waals surface area contributed by atoms with Gasteiger partial charge in [-0.1, -0.05) is 32.0 Å². The number of benzene rings is 1. The molecule has 1 aliphatic rings. The minimum absolute atomic E-state index is 0.586. The van der Waals surface area contributed by atoms with Crippen molar-refractivity contribution in [3.8, 4) is 5.69 Å². The first-order valence-electron chi connectivity index (χ1n) is 7.53. The maximum atomic E-state index is 4.25. The van der Waals surface area contributed by atoms with Crippen LogP contribution >= 0.6 is 11.8 Å². The second-order valence-corrected chi connectivity index (χ2v) is 7.15. The van der Waals surface area contributed by atoms with E-state index in [1.54, 1.807) is 6.33 Å². The number of nitrogens with zero attached hydrogens (tertiary/aromatic N) is 3. The Labute approximate surface area is 130 Å². The van der Waals surface area contributed by atoms with Crippen LogP contribution in [-0.4, -0.2) is 31.8 Å². The van der Waals surface area contributed by atoms with Gasteiger partial charge in [0.15, 0.2) is 5.82 Å². The van der Waals surface area contributed by atoms with Crippen molar-refractivity contribution >= 4 is 11.8 Å². The van der Waals surface area contributed by atoms with E-state index in [1.165, 1.54) is 12.2 Å². The van der Waals surface area contributed by atoms with E-state index >= 15 is 0 Å². The van der Waals surface area contributed by atoms with Crippen molar-refractivity contribution in [1.82, 2.24) is 20.1 Å². The Morgan fingerprint density at radius 2 is 2.14 bits per heavy atom. The Balaban J connectivity index is 1.61. The summed E-state index contributed by atoms with van der Waals surface area (Å²) >= 11 is 2.09. The average molecular weight is 302 g/mol. The molecule has 5 heteroatoms. The summed E-state index contributed by atoms with van der Waals surface area (Å²) in [6.45, 7) is 5.39. The van der Waals surface area contributed by atoms with Crippen LogP contribution in [0.2, 0.25) is 0 Å². The molecule has 2 unspecified atom stereocenters. The molecule has 21 heavy (non-hydrogen) atoms. The zero-order chi connectivity index (χ0) is 14.7. The number of hydrogen-bond acceptors (Lipinski definition) is 4. The monoisotopic (exact) mass is 302 g/mol. The molecular formula is C16H22N4S. The van der Waals surface area contributed by atoms with E-state index in [1.807, 2.05) is 18.2 Å². The summed E-state index contributed by atoms with van der Waals surface area (Å²) in [6, 6.07) is 10.8. The standard InChI is InChI=1S/C16H22N4S/c1-12(2)15-8-13(10-21-15)17-9-16-19-18-11-20(16)14-6-4-3-5-7-14/h3-7,11-13,15,17H,8-10H2,1-2H3. The molecule has 0 bridgehead atoms. The van der Waals surface area contributed by atoms with Crippen molar-refractivity contribution in [2.75, 3.05) is 5.75 Å². The molecule has 2 aromatic rings. The van der Waals surface area contributed by atoms with Crippen LogP contribution in [-0.2, 0) is 6.54 Å². The molecular weight excluding hydrogens is 280 g/mol. The van der Waals surface area contributed by atoms with E-state index in [4.69, 9.17) is 0 Å². The van der Waals surface area contributed by atoms with Gasteiger partial charge in [-0.15, -0.1) is 10.2 Å². The van der Waals surface area contributed by atoms with E-state index < -0.39 is 0 Å². The zero-order valence-electron chi connectivity index (χ0n) is 12.6. The van der Waals surface area contributed by atoms with Gasteiger partial charge in [0.2, 0.25) is 0 Å². The number of hydrogen-bond donors (Lipinski definition) is 1. The third-order valence-corrected chi connectivity index (χ3v) is 5.73. The molecule has 1 fully saturated rings. The first kappa shape index (κ1) is 14.6. The number of rotatable bonds is 5.